The fraction of sp³-hybridized carbons (Fsp3) is 0.611. The van der Waals surface area contributed by atoms with Crippen molar-refractivity contribution in [2.75, 3.05) is 13.1 Å². The van der Waals surface area contributed by atoms with Gasteiger partial charge >= 0.3 is 0 Å². The number of likely N-dealkylation sites (tertiary alicyclic amines) is 1. The number of imidazole rings is 1. The predicted octanol–water partition coefficient (Wildman–Crippen LogP) is 3.20. The topological polar surface area (TPSA) is 51.0 Å². The zero-order chi connectivity index (χ0) is 16.6. The number of rotatable bonds is 3. The Kier molecular flexibility index (Phi) is 4.13. The molecule has 1 aliphatic heterocycles. The van der Waals surface area contributed by atoms with Crippen LogP contribution in [0.2, 0.25) is 0 Å². The Bertz CT molecular complexity index is 713. The monoisotopic (exact) mass is 314 g/mol. The summed E-state index contributed by atoms with van der Waals surface area (Å²) >= 11 is 0. The Morgan fingerprint density at radius 1 is 1.39 bits per heavy atom. The fourth-order valence-electron chi connectivity index (χ4n) is 3.36. The van der Waals surface area contributed by atoms with Gasteiger partial charge in [-0.25, -0.2) is 9.97 Å². The largest absolute Gasteiger partial charge is 0.342 e. The summed E-state index contributed by atoms with van der Waals surface area (Å²) in [5.41, 5.74) is 1.93. The molecule has 5 heteroatoms. The van der Waals surface area contributed by atoms with Crippen molar-refractivity contribution in [3.05, 3.63) is 24.2 Å². The molecule has 124 valence electrons. The number of hydrogen-bond donors (Lipinski definition) is 0. The fourth-order valence-corrected chi connectivity index (χ4v) is 3.36. The molecule has 1 unspecified atom stereocenters. The van der Waals surface area contributed by atoms with E-state index in [0.29, 0.717) is 12.3 Å². The summed E-state index contributed by atoms with van der Waals surface area (Å²) in [6.07, 6.45) is 3.40. The molecule has 3 heterocycles. The Hall–Kier alpha value is -1.91. The van der Waals surface area contributed by atoms with Crippen LogP contribution < -0.4 is 0 Å². The summed E-state index contributed by atoms with van der Waals surface area (Å²) in [6, 6.07) is 3.93. The number of fused-ring (bicyclic) bond motifs is 1. The molecule has 3 rings (SSSR count). The minimum Gasteiger partial charge on any atom is -0.342 e. The van der Waals surface area contributed by atoms with E-state index in [9.17, 15) is 4.79 Å². The van der Waals surface area contributed by atoms with E-state index in [1.165, 1.54) is 0 Å². The first-order valence-electron chi connectivity index (χ1n) is 8.48. The van der Waals surface area contributed by atoms with Crippen LogP contribution >= 0.6 is 0 Å². The van der Waals surface area contributed by atoms with E-state index >= 15 is 0 Å². The molecule has 0 aromatic carbocycles. The number of hydrogen-bond acceptors (Lipinski definition) is 3. The SMILES string of the molecule is CCn1c(C2CCN(C(=O)CC(C)(C)C)C2)nc2cccnc21. The molecule has 5 nitrogen and oxygen atoms in total. The van der Waals surface area contributed by atoms with Crippen molar-refractivity contribution in [3.63, 3.8) is 0 Å². The normalized spacial score (nSPS) is 18.8. The zero-order valence-electron chi connectivity index (χ0n) is 14.5. The third-order valence-electron chi connectivity index (χ3n) is 4.44. The number of amides is 1. The average Bonchev–Trinajstić information content (AvgIpc) is 3.09. The second-order valence-corrected chi connectivity index (χ2v) is 7.62. The van der Waals surface area contributed by atoms with Gasteiger partial charge in [0.1, 0.15) is 11.3 Å². The van der Waals surface area contributed by atoms with Crippen LogP contribution in [0.5, 0.6) is 0 Å². The summed E-state index contributed by atoms with van der Waals surface area (Å²) in [6.45, 7) is 10.9. The van der Waals surface area contributed by atoms with Crippen LogP contribution in [0.4, 0.5) is 0 Å². The molecule has 0 aliphatic carbocycles. The quantitative estimate of drug-likeness (QED) is 0.874. The number of pyridine rings is 1. The highest BCUT2D eigenvalue weighted by molar-refractivity contribution is 5.77. The van der Waals surface area contributed by atoms with Crippen molar-refractivity contribution in [1.82, 2.24) is 19.4 Å². The van der Waals surface area contributed by atoms with Gasteiger partial charge in [-0.3, -0.25) is 4.79 Å². The van der Waals surface area contributed by atoms with E-state index in [2.05, 4.69) is 37.2 Å². The Morgan fingerprint density at radius 3 is 2.87 bits per heavy atom. The van der Waals surface area contributed by atoms with Gasteiger partial charge in [-0.15, -0.1) is 0 Å². The minimum atomic E-state index is 0.0374. The summed E-state index contributed by atoms with van der Waals surface area (Å²) in [5.74, 6) is 1.65. The molecule has 1 saturated heterocycles. The van der Waals surface area contributed by atoms with Crippen LogP contribution in [0.15, 0.2) is 18.3 Å². The molecule has 0 bridgehead atoms. The maximum absolute atomic E-state index is 12.5. The first-order valence-corrected chi connectivity index (χ1v) is 8.48. The second kappa shape index (κ2) is 5.95. The van der Waals surface area contributed by atoms with Gasteiger partial charge in [-0.05, 0) is 30.9 Å². The summed E-state index contributed by atoms with van der Waals surface area (Å²) in [5, 5.41) is 0. The lowest BCUT2D eigenvalue weighted by molar-refractivity contribution is -0.132. The molecular formula is C18H26N4O. The molecule has 1 fully saturated rings. The number of carbonyl (C=O) groups is 1. The third kappa shape index (κ3) is 3.23. The highest BCUT2D eigenvalue weighted by Crippen LogP contribution is 2.30. The van der Waals surface area contributed by atoms with E-state index in [4.69, 9.17) is 4.98 Å². The molecule has 0 saturated carbocycles. The van der Waals surface area contributed by atoms with Crippen LogP contribution in [0, 0.1) is 5.41 Å². The molecule has 2 aromatic rings. The number of aromatic nitrogens is 3. The summed E-state index contributed by atoms with van der Waals surface area (Å²) < 4.78 is 2.19. The van der Waals surface area contributed by atoms with Crippen LogP contribution in [-0.2, 0) is 11.3 Å². The lowest BCUT2D eigenvalue weighted by atomic mass is 9.92. The summed E-state index contributed by atoms with van der Waals surface area (Å²) in [7, 11) is 0. The highest BCUT2D eigenvalue weighted by atomic mass is 16.2. The molecule has 0 N–H and O–H groups in total. The van der Waals surface area contributed by atoms with Crippen molar-refractivity contribution >= 4 is 17.1 Å². The standard InChI is InChI=1S/C18H26N4O/c1-5-22-16(20-14-7-6-9-19-17(14)22)13-8-10-21(12-13)15(23)11-18(2,3)4/h6-7,9,13H,5,8,10-12H2,1-4H3. The van der Waals surface area contributed by atoms with E-state index in [1.807, 2.05) is 23.2 Å². The van der Waals surface area contributed by atoms with Crippen LogP contribution in [0.3, 0.4) is 0 Å². The van der Waals surface area contributed by atoms with E-state index in [1.54, 1.807) is 0 Å². The molecule has 1 atom stereocenters. The zero-order valence-corrected chi connectivity index (χ0v) is 14.5. The van der Waals surface area contributed by atoms with Gasteiger partial charge in [-0.2, -0.15) is 0 Å². The van der Waals surface area contributed by atoms with E-state index in [-0.39, 0.29) is 11.3 Å². The Labute approximate surface area is 137 Å². The maximum atomic E-state index is 12.5. The van der Waals surface area contributed by atoms with Crippen molar-refractivity contribution in [1.29, 1.82) is 0 Å². The molecule has 1 aliphatic rings. The van der Waals surface area contributed by atoms with Crippen molar-refractivity contribution in [2.24, 2.45) is 5.41 Å². The second-order valence-electron chi connectivity index (χ2n) is 7.62. The lowest BCUT2D eigenvalue weighted by Crippen LogP contribution is -2.31. The molecule has 0 spiro atoms. The average molecular weight is 314 g/mol. The lowest BCUT2D eigenvalue weighted by Gasteiger charge is -2.23. The third-order valence-corrected chi connectivity index (χ3v) is 4.44. The van der Waals surface area contributed by atoms with E-state index in [0.717, 1.165) is 43.0 Å². The van der Waals surface area contributed by atoms with Gasteiger partial charge in [0.15, 0.2) is 5.65 Å². The number of aryl methyl sites for hydroxylation is 1. The van der Waals surface area contributed by atoms with Crippen LogP contribution in [-0.4, -0.2) is 38.4 Å². The minimum absolute atomic E-state index is 0.0374. The van der Waals surface area contributed by atoms with Crippen LogP contribution in [0.1, 0.15) is 52.3 Å². The van der Waals surface area contributed by atoms with Crippen molar-refractivity contribution in [2.45, 2.75) is 53.0 Å². The Morgan fingerprint density at radius 2 is 2.17 bits per heavy atom. The van der Waals surface area contributed by atoms with Crippen molar-refractivity contribution < 1.29 is 4.79 Å². The van der Waals surface area contributed by atoms with Gasteiger partial charge in [-0.1, -0.05) is 20.8 Å². The van der Waals surface area contributed by atoms with Crippen molar-refractivity contribution in [3.8, 4) is 0 Å². The first-order chi connectivity index (χ1) is 10.9. The molecule has 1 amide bonds. The number of carbonyl (C=O) groups excluding carboxylic acids is 1. The predicted molar refractivity (Wildman–Crippen MR) is 91.2 cm³/mol. The smallest absolute Gasteiger partial charge is 0.223 e. The molecule has 2 aromatic heterocycles. The Balaban J connectivity index is 1.80. The molecule has 0 radical (unpaired) electrons. The van der Waals surface area contributed by atoms with Gasteiger partial charge in [0.2, 0.25) is 5.91 Å². The van der Waals surface area contributed by atoms with Gasteiger partial charge in [0.05, 0.1) is 0 Å². The van der Waals surface area contributed by atoms with Crippen LogP contribution in [0.25, 0.3) is 11.2 Å². The van der Waals surface area contributed by atoms with E-state index < -0.39 is 0 Å². The maximum Gasteiger partial charge on any atom is 0.223 e. The van der Waals surface area contributed by atoms with Gasteiger partial charge in [0, 0.05) is 38.2 Å². The molecule has 23 heavy (non-hydrogen) atoms. The van der Waals surface area contributed by atoms with Gasteiger partial charge < -0.3 is 9.47 Å². The summed E-state index contributed by atoms with van der Waals surface area (Å²) in [4.78, 5) is 23.7. The number of nitrogens with zero attached hydrogens (tertiary/aromatic N) is 4. The van der Waals surface area contributed by atoms with Gasteiger partial charge in [0.25, 0.3) is 0 Å². The first kappa shape index (κ1) is 16.0. The molecular weight excluding hydrogens is 288 g/mol. The highest BCUT2D eigenvalue weighted by Gasteiger charge is 2.32.